The van der Waals surface area contributed by atoms with E-state index in [1.165, 1.54) is 0 Å². The lowest BCUT2D eigenvalue weighted by Gasteiger charge is -2.36. The van der Waals surface area contributed by atoms with Gasteiger partial charge in [0.2, 0.25) is 11.8 Å². The Morgan fingerprint density at radius 2 is 1.81 bits per heavy atom. The van der Waals surface area contributed by atoms with Crippen molar-refractivity contribution in [1.29, 1.82) is 0 Å². The molecule has 0 atom stereocenters. The molecule has 1 fully saturated rings. The van der Waals surface area contributed by atoms with Gasteiger partial charge in [0.1, 0.15) is 5.76 Å². The first-order valence-corrected chi connectivity index (χ1v) is 8.90. The third-order valence-electron chi connectivity index (χ3n) is 4.32. The molecule has 1 N–H and O–H groups in total. The summed E-state index contributed by atoms with van der Waals surface area (Å²) < 4.78 is 5.83. The first-order chi connectivity index (χ1) is 12.5. The number of guanidine groups is 1. The number of nitrogens with one attached hydrogen (secondary N) is 1. The SMILES string of the molecule is CN=C(NCc1ncc(C(C)(C)C)o1)N1CCN(c2ncccn2)CC1.I. The highest BCUT2D eigenvalue weighted by Gasteiger charge is 2.22. The molecule has 2 aromatic rings. The average molecular weight is 485 g/mol. The Hall–Kier alpha value is -1.91. The predicted octanol–water partition coefficient (Wildman–Crippen LogP) is 2.28. The molecule has 1 saturated heterocycles. The fourth-order valence-electron chi connectivity index (χ4n) is 2.80. The third-order valence-corrected chi connectivity index (χ3v) is 4.32. The van der Waals surface area contributed by atoms with Crippen LogP contribution >= 0.6 is 24.0 Å². The lowest BCUT2D eigenvalue weighted by atomic mass is 9.94. The van der Waals surface area contributed by atoms with Gasteiger partial charge in [-0.1, -0.05) is 20.8 Å². The molecule has 0 radical (unpaired) electrons. The summed E-state index contributed by atoms with van der Waals surface area (Å²) in [5.41, 5.74) is -0.0389. The first kappa shape index (κ1) is 21.4. The van der Waals surface area contributed by atoms with Crippen LogP contribution in [-0.2, 0) is 12.0 Å². The van der Waals surface area contributed by atoms with Gasteiger partial charge >= 0.3 is 0 Å². The Bertz CT molecular complexity index is 734. The van der Waals surface area contributed by atoms with Crippen LogP contribution in [0.15, 0.2) is 34.1 Å². The van der Waals surface area contributed by atoms with Gasteiger partial charge in [-0.25, -0.2) is 15.0 Å². The normalized spacial score (nSPS) is 15.5. The number of aromatic nitrogens is 3. The van der Waals surface area contributed by atoms with Crippen LogP contribution in [0.2, 0.25) is 0 Å². The highest BCUT2D eigenvalue weighted by molar-refractivity contribution is 14.0. The van der Waals surface area contributed by atoms with E-state index in [1.54, 1.807) is 25.6 Å². The monoisotopic (exact) mass is 485 g/mol. The number of aliphatic imine (C=N–C) groups is 1. The van der Waals surface area contributed by atoms with E-state index in [-0.39, 0.29) is 29.4 Å². The molecule has 27 heavy (non-hydrogen) atoms. The summed E-state index contributed by atoms with van der Waals surface area (Å²) >= 11 is 0. The van der Waals surface area contributed by atoms with Crippen LogP contribution in [0, 0.1) is 0 Å². The highest BCUT2D eigenvalue weighted by Crippen LogP contribution is 2.22. The van der Waals surface area contributed by atoms with Crippen molar-refractivity contribution >= 4 is 35.9 Å². The zero-order chi connectivity index (χ0) is 18.6. The Kier molecular flexibility index (Phi) is 7.40. The van der Waals surface area contributed by atoms with Crippen LogP contribution in [0.3, 0.4) is 0 Å². The first-order valence-electron chi connectivity index (χ1n) is 8.90. The third kappa shape index (κ3) is 5.53. The van der Waals surface area contributed by atoms with Crippen LogP contribution in [0.5, 0.6) is 0 Å². The van der Waals surface area contributed by atoms with Gasteiger partial charge in [-0.15, -0.1) is 24.0 Å². The van der Waals surface area contributed by atoms with Gasteiger partial charge in [0.15, 0.2) is 5.96 Å². The number of nitrogens with zero attached hydrogens (tertiary/aromatic N) is 6. The minimum absolute atomic E-state index is 0. The number of piperazine rings is 1. The Labute approximate surface area is 177 Å². The number of rotatable bonds is 3. The second-order valence-corrected chi connectivity index (χ2v) is 7.29. The molecule has 0 unspecified atom stereocenters. The fraction of sp³-hybridized carbons (Fsp3) is 0.556. The van der Waals surface area contributed by atoms with Gasteiger partial charge in [0.05, 0.1) is 12.7 Å². The molecule has 0 saturated carbocycles. The zero-order valence-electron chi connectivity index (χ0n) is 16.3. The Balaban J connectivity index is 0.00000261. The minimum Gasteiger partial charge on any atom is -0.443 e. The lowest BCUT2D eigenvalue weighted by Crippen LogP contribution is -2.52. The van der Waals surface area contributed by atoms with Crippen LogP contribution in [-0.4, -0.2) is 59.0 Å². The Morgan fingerprint density at radius 3 is 2.37 bits per heavy atom. The quantitative estimate of drug-likeness (QED) is 0.406. The molecule has 3 rings (SSSR count). The standard InChI is InChI=1S/C18H27N7O.HI/c1-18(2,3)14-12-22-15(26-14)13-23-16(19-4)24-8-10-25(11-9-24)17-20-6-5-7-21-17;/h5-7,12H,8-11,13H2,1-4H3,(H,19,23);1H. The zero-order valence-corrected chi connectivity index (χ0v) is 18.7. The van der Waals surface area contributed by atoms with E-state index in [2.05, 4.69) is 55.8 Å². The van der Waals surface area contributed by atoms with Gasteiger partial charge in [0, 0.05) is 51.0 Å². The summed E-state index contributed by atoms with van der Waals surface area (Å²) in [6.07, 6.45) is 5.35. The maximum Gasteiger partial charge on any atom is 0.225 e. The molecule has 0 bridgehead atoms. The van der Waals surface area contributed by atoms with Crippen molar-refractivity contribution in [3.8, 4) is 0 Å². The van der Waals surface area contributed by atoms with Crippen molar-refractivity contribution in [2.24, 2.45) is 4.99 Å². The maximum atomic E-state index is 5.83. The molecule has 148 valence electrons. The maximum absolute atomic E-state index is 5.83. The summed E-state index contributed by atoms with van der Waals surface area (Å²) in [7, 11) is 1.80. The van der Waals surface area contributed by atoms with Crippen LogP contribution < -0.4 is 10.2 Å². The molecule has 8 nitrogen and oxygen atoms in total. The van der Waals surface area contributed by atoms with E-state index < -0.39 is 0 Å². The summed E-state index contributed by atoms with van der Waals surface area (Å²) in [5.74, 6) is 3.20. The van der Waals surface area contributed by atoms with E-state index in [0.717, 1.165) is 43.8 Å². The summed E-state index contributed by atoms with van der Waals surface area (Å²) in [4.78, 5) is 21.8. The van der Waals surface area contributed by atoms with Gasteiger partial charge in [-0.2, -0.15) is 0 Å². The van der Waals surface area contributed by atoms with E-state index in [9.17, 15) is 0 Å². The number of anilines is 1. The molecule has 9 heteroatoms. The molecular weight excluding hydrogens is 457 g/mol. The summed E-state index contributed by atoms with van der Waals surface area (Å²) in [6.45, 7) is 10.3. The largest absolute Gasteiger partial charge is 0.443 e. The number of halogens is 1. The van der Waals surface area contributed by atoms with Crippen LogP contribution in [0.4, 0.5) is 5.95 Å². The fourth-order valence-corrected chi connectivity index (χ4v) is 2.80. The number of hydrogen-bond donors (Lipinski definition) is 1. The molecule has 2 aromatic heterocycles. The molecule has 0 spiro atoms. The van der Waals surface area contributed by atoms with Crippen LogP contribution in [0.25, 0.3) is 0 Å². The number of hydrogen-bond acceptors (Lipinski definition) is 6. The topological polar surface area (TPSA) is 82.7 Å². The van der Waals surface area contributed by atoms with Crippen molar-refractivity contribution in [1.82, 2.24) is 25.2 Å². The molecule has 0 aliphatic carbocycles. The second-order valence-electron chi connectivity index (χ2n) is 7.29. The van der Waals surface area contributed by atoms with E-state index in [4.69, 9.17) is 4.42 Å². The van der Waals surface area contributed by atoms with Crippen molar-refractivity contribution in [3.05, 3.63) is 36.3 Å². The van der Waals surface area contributed by atoms with Crippen molar-refractivity contribution in [2.75, 3.05) is 38.1 Å². The Morgan fingerprint density at radius 1 is 1.15 bits per heavy atom. The van der Waals surface area contributed by atoms with Gasteiger partial charge in [-0.05, 0) is 6.07 Å². The van der Waals surface area contributed by atoms with Crippen molar-refractivity contribution in [2.45, 2.75) is 32.7 Å². The smallest absolute Gasteiger partial charge is 0.225 e. The average Bonchev–Trinajstić information content (AvgIpc) is 3.13. The van der Waals surface area contributed by atoms with Crippen molar-refractivity contribution < 1.29 is 4.42 Å². The molecule has 3 heterocycles. The van der Waals surface area contributed by atoms with Crippen molar-refractivity contribution in [3.63, 3.8) is 0 Å². The van der Waals surface area contributed by atoms with Crippen LogP contribution in [0.1, 0.15) is 32.4 Å². The highest BCUT2D eigenvalue weighted by atomic mass is 127. The molecule has 0 aromatic carbocycles. The van der Waals surface area contributed by atoms with E-state index in [0.29, 0.717) is 12.4 Å². The second kappa shape index (κ2) is 9.34. The molecular formula is C18H28IN7O. The van der Waals surface area contributed by atoms with Gasteiger partial charge in [-0.3, -0.25) is 4.99 Å². The molecule has 1 aliphatic heterocycles. The summed E-state index contributed by atoms with van der Waals surface area (Å²) in [6, 6.07) is 1.83. The van der Waals surface area contributed by atoms with E-state index >= 15 is 0 Å². The van der Waals surface area contributed by atoms with Gasteiger partial charge in [0.25, 0.3) is 0 Å². The number of oxazole rings is 1. The molecule has 1 aliphatic rings. The molecule has 0 amide bonds. The minimum atomic E-state index is -0.0389. The summed E-state index contributed by atoms with van der Waals surface area (Å²) in [5, 5.41) is 3.34. The van der Waals surface area contributed by atoms with E-state index in [1.807, 2.05) is 6.07 Å². The predicted molar refractivity (Wildman–Crippen MR) is 117 cm³/mol. The lowest BCUT2D eigenvalue weighted by molar-refractivity contribution is 0.358. The van der Waals surface area contributed by atoms with Gasteiger partial charge < -0.3 is 19.5 Å².